The van der Waals surface area contributed by atoms with Crippen LogP contribution in [0.5, 0.6) is 0 Å². The molecule has 10 heavy (non-hydrogen) atoms. The molecule has 0 aliphatic carbocycles. The third kappa shape index (κ3) is 5.43. The molecule has 0 fully saturated rings. The summed E-state index contributed by atoms with van der Waals surface area (Å²) < 4.78 is 0. The van der Waals surface area contributed by atoms with Crippen molar-refractivity contribution in [2.24, 2.45) is 0 Å². The van der Waals surface area contributed by atoms with Gasteiger partial charge >= 0.3 is 0 Å². The van der Waals surface area contributed by atoms with Gasteiger partial charge in [0.05, 0.1) is 5.03 Å². The summed E-state index contributed by atoms with van der Waals surface area (Å²) in [6, 6.07) is 1.70. The Bertz CT molecular complexity index is 179. The standard InChI is InChI=1S/C4H4N2S2.2Na/c7-3-1-2-5-4(8)6-3;;/h1-2H,(H2,5,6,7,8);;. The third-order valence-electron chi connectivity index (χ3n) is 0.628. The van der Waals surface area contributed by atoms with Crippen LogP contribution in [-0.2, 0) is 0 Å². The maximum absolute atomic E-state index is 3.95. The second-order valence-electron chi connectivity index (χ2n) is 1.21. The molecular formula is C4H4N2Na2S2. The van der Waals surface area contributed by atoms with Gasteiger partial charge in [0.25, 0.3) is 0 Å². The first-order chi connectivity index (χ1) is 3.79. The summed E-state index contributed by atoms with van der Waals surface area (Å²) in [6.07, 6.45) is 1.61. The normalized spacial score (nSPS) is 7.40. The first-order valence-electron chi connectivity index (χ1n) is 2.00. The quantitative estimate of drug-likeness (QED) is 0.266. The molecule has 0 spiro atoms. The zero-order valence-electron chi connectivity index (χ0n) is 5.94. The molecule has 1 rings (SSSR count). The van der Waals surface area contributed by atoms with Crippen LogP contribution in [0, 0.1) is 0 Å². The molecule has 1 heterocycles. The van der Waals surface area contributed by atoms with E-state index in [1.165, 1.54) is 0 Å². The molecule has 2 nitrogen and oxygen atoms in total. The van der Waals surface area contributed by atoms with E-state index in [1.54, 1.807) is 12.3 Å². The molecule has 0 saturated heterocycles. The Hall–Kier alpha value is 1.78. The van der Waals surface area contributed by atoms with Gasteiger partial charge in [-0.1, -0.05) is 0 Å². The van der Waals surface area contributed by atoms with Crippen molar-refractivity contribution in [1.29, 1.82) is 0 Å². The predicted octanol–water partition coefficient (Wildman–Crippen LogP) is 0.292. The maximum Gasteiger partial charge on any atom is 0.185 e. The molecule has 1 aromatic heterocycles. The second-order valence-corrected chi connectivity index (χ2v) is 2.07. The van der Waals surface area contributed by atoms with Crippen LogP contribution in [0.2, 0.25) is 0 Å². The largest absolute Gasteiger partial charge is 0.231 e. The minimum atomic E-state index is 0. The Balaban J connectivity index is 0. The van der Waals surface area contributed by atoms with Crippen LogP contribution in [0.15, 0.2) is 22.4 Å². The number of rotatable bonds is 0. The minimum absolute atomic E-state index is 0. The summed E-state index contributed by atoms with van der Waals surface area (Å²) >= 11 is 7.84. The minimum Gasteiger partial charge on any atom is -0.231 e. The van der Waals surface area contributed by atoms with Crippen LogP contribution in [0.3, 0.4) is 0 Å². The van der Waals surface area contributed by atoms with Crippen LogP contribution in [0.4, 0.5) is 0 Å². The zero-order valence-corrected chi connectivity index (χ0v) is 11.7. The van der Waals surface area contributed by atoms with E-state index in [0.29, 0.717) is 10.2 Å². The average molecular weight is 190 g/mol. The second kappa shape index (κ2) is 7.43. The van der Waals surface area contributed by atoms with E-state index in [0.717, 1.165) is 0 Å². The number of nitrogens with zero attached hydrogens (tertiary/aromatic N) is 2. The molecule has 44 valence electrons. The third-order valence-corrected chi connectivity index (χ3v) is 1.09. The monoisotopic (exact) mass is 190 g/mol. The van der Waals surface area contributed by atoms with Gasteiger partial charge in [-0.3, -0.25) is 0 Å². The Morgan fingerprint density at radius 3 is 2.10 bits per heavy atom. The van der Waals surface area contributed by atoms with E-state index in [9.17, 15) is 0 Å². The predicted molar refractivity (Wildman–Crippen MR) is 48.0 cm³/mol. The van der Waals surface area contributed by atoms with Crippen molar-refractivity contribution in [3.05, 3.63) is 12.3 Å². The van der Waals surface area contributed by atoms with Gasteiger partial charge in [-0.05, 0) is 6.07 Å². The molecule has 0 aliphatic rings. The fraction of sp³-hybridized carbons (Fsp3) is 0. The fourth-order valence-electron chi connectivity index (χ4n) is 0.339. The molecule has 0 aromatic carbocycles. The fourth-order valence-corrected chi connectivity index (χ4v) is 0.754. The molecule has 0 atom stereocenters. The van der Waals surface area contributed by atoms with Gasteiger partial charge in [-0.2, -0.15) is 0 Å². The van der Waals surface area contributed by atoms with Crippen molar-refractivity contribution in [1.82, 2.24) is 9.97 Å². The van der Waals surface area contributed by atoms with Gasteiger partial charge in [0.1, 0.15) is 0 Å². The number of hydrogen-bond donors (Lipinski definition) is 2. The van der Waals surface area contributed by atoms with Crippen molar-refractivity contribution in [2.45, 2.75) is 10.2 Å². The van der Waals surface area contributed by atoms with Crippen LogP contribution >= 0.6 is 25.3 Å². The van der Waals surface area contributed by atoms with Crippen LogP contribution in [-0.4, -0.2) is 69.1 Å². The molecule has 0 unspecified atom stereocenters. The van der Waals surface area contributed by atoms with Crippen molar-refractivity contribution in [3.8, 4) is 0 Å². The Morgan fingerprint density at radius 2 is 1.80 bits per heavy atom. The molecule has 0 saturated carbocycles. The number of thiol groups is 2. The van der Waals surface area contributed by atoms with Gasteiger partial charge in [-0.25, -0.2) is 9.97 Å². The molecule has 1 aromatic rings. The van der Waals surface area contributed by atoms with Gasteiger partial charge in [0.15, 0.2) is 5.16 Å². The molecule has 0 amide bonds. The maximum atomic E-state index is 3.95. The molecule has 0 N–H and O–H groups in total. The summed E-state index contributed by atoms with van der Waals surface area (Å²) in [5.41, 5.74) is 0. The van der Waals surface area contributed by atoms with E-state index >= 15 is 0 Å². The van der Waals surface area contributed by atoms with Crippen molar-refractivity contribution in [3.63, 3.8) is 0 Å². The summed E-state index contributed by atoms with van der Waals surface area (Å²) in [5.74, 6) is 0. The smallest absolute Gasteiger partial charge is 0.185 e. The Morgan fingerprint density at radius 1 is 1.20 bits per heavy atom. The molecule has 0 aliphatic heterocycles. The first kappa shape index (κ1) is 14.3. The van der Waals surface area contributed by atoms with Crippen molar-refractivity contribution < 1.29 is 0 Å². The van der Waals surface area contributed by atoms with E-state index < -0.39 is 0 Å². The topological polar surface area (TPSA) is 25.8 Å². The average Bonchev–Trinajstić information content (AvgIpc) is 1.64. The van der Waals surface area contributed by atoms with E-state index in [2.05, 4.69) is 35.2 Å². The first-order valence-corrected chi connectivity index (χ1v) is 2.89. The van der Waals surface area contributed by atoms with Crippen LogP contribution in [0.25, 0.3) is 0 Å². The van der Waals surface area contributed by atoms with Crippen molar-refractivity contribution in [2.75, 3.05) is 0 Å². The van der Waals surface area contributed by atoms with Crippen molar-refractivity contribution >= 4 is 84.4 Å². The zero-order chi connectivity index (χ0) is 5.98. The van der Waals surface area contributed by atoms with Crippen LogP contribution in [0.1, 0.15) is 0 Å². The number of hydrogen-bond acceptors (Lipinski definition) is 4. The summed E-state index contributed by atoms with van der Waals surface area (Å²) in [6.45, 7) is 0. The molecule has 0 bridgehead atoms. The number of aromatic nitrogens is 2. The molecule has 6 heteroatoms. The van der Waals surface area contributed by atoms with Gasteiger partial charge in [0, 0.05) is 65.3 Å². The summed E-state index contributed by atoms with van der Waals surface area (Å²) in [4.78, 5) is 7.54. The van der Waals surface area contributed by atoms with E-state index in [-0.39, 0.29) is 59.1 Å². The van der Waals surface area contributed by atoms with Crippen LogP contribution < -0.4 is 0 Å². The SMILES string of the molecule is Sc1ccnc(S)n1.[Na].[Na]. The molecule has 2 radical (unpaired) electrons. The van der Waals surface area contributed by atoms with Gasteiger partial charge in [0.2, 0.25) is 0 Å². The Labute approximate surface area is 115 Å². The summed E-state index contributed by atoms with van der Waals surface area (Å²) in [7, 11) is 0. The van der Waals surface area contributed by atoms with E-state index in [4.69, 9.17) is 0 Å². The van der Waals surface area contributed by atoms with Gasteiger partial charge in [-0.15, -0.1) is 25.3 Å². The van der Waals surface area contributed by atoms with E-state index in [1.807, 2.05) is 0 Å². The Kier molecular flexibility index (Phi) is 10.6. The van der Waals surface area contributed by atoms with Gasteiger partial charge < -0.3 is 0 Å². The summed E-state index contributed by atoms with van der Waals surface area (Å²) in [5, 5.41) is 1.10. The molecular weight excluding hydrogens is 186 g/mol.